The minimum absolute atomic E-state index is 0.724. The number of aromatic nitrogens is 1. The number of anilines is 1. The maximum Gasteiger partial charge on any atom is 0.0523 e. The van der Waals surface area contributed by atoms with Gasteiger partial charge in [0.25, 0.3) is 0 Å². The fourth-order valence-corrected chi connectivity index (χ4v) is 2.71. The first-order valence-electron chi connectivity index (χ1n) is 5.24. The Balaban J connectivity index is 1.81. The molecule has 1 aliphatic rings. The summed E-state index contributed by atoms with van der Waals surface area (Å²) in [5, 5.41) is 0.724. The van der Waals surface area contributed by atoms with Gasteiger partial charge in [-0.05, 0) is 25.0 Å². The zero-order valence-corrected chi connectivity index (χ0v) is 9.50. The molecule has 0 radical (unpaired) electrons. The van der Waals surface area contributed by atoms with Crippen LogP contribution in [-0.4, -0.2) is 23.4 Å². The second kappa shape index (κ2) is 5.37. The molecule has 4 heteroatoms. The monoisotopic (exact) mass is 224 g/mol. The summed E-state index contributed by atoms with van der Waals surface area (Å²) in [4.78, 5) is 4.29. The van der Waals surface area contributed by atoms with Gasteiger partial charge in [-0.1, -0.05) is 0 Å². The lowest BCUT2D eigenvalue weighted by atomic mass is 10.2. The molecule has 1 aromatic heterocycles. The third-order valence-corrected chi connectivity index (χ3v) is 3.88. The molecule has 0 aromatic carbocycles. The molecule has 1 aliphatic heterocycles. The first kappa shape index (κ1) is 10.8. The molecule has 1 saturated heterocycles. The lowest BCUT2D eigenvalue weighted by Crippen LogP contribution is -2.17. The summed E-state index contributed by atoms with van der Waals surface area (Å²) < 4.78 is 5.32. The number of nitrogen functional groups attached to an aromatic ring is 1. The predicted molar refractivity (Wildman–Crippen MR) is 63.8 cm³/mol. The van der Waals surface area contributed by atoms with Crippen molar-refractivity contribution in [2.24, 2.45) is 0 Å². The Morgan fingerprint density at radius 2 is 2.27 bits per heavy atom. The van der Waals surface area contributed by atoms with Crippen LogP contribution < -0.4 is 5.73 Å². The minimum atomic E-state index is 0.724. The van der Waals surface area contributed by atoms with E-state index < -0.39 is 0 Å². The van der Waals surface area contributed by atoms with Crippen molar-refractivity contribution < 1.29 is 4.74 Å². The van der Waals surface area contributed by atoms with Crippen LogP contribution in [-0.2, 0) is 10.5 Å². The Hall–Kier alpha value is -0.740. The summed E-state index contributed by atoms with van der Waals surface area (Å²) in [7, 11) is 0. The molecule has 2 heterocycles. The molecule has 2 rings (SSSR count). The molecular weight excluding hydrogens is 208 g/mol. The van der Waals surface area contributed by atoms with Crippen molar-refractivity contribution in [1.82, 2.24) is 4.98 Å². The minimum Gasteiger partial charge on any atom is -0.399 e. The number of hydrogen-bond acceptors (Lipinski definition) is 4. The number of ether oxygens (including phenoxy) is 1. The number of hydrogen-bond donors (Lipinski definition) is 1. The maximum absolute atomic E-state index is 5.70. The molecular formula is C11H16N2OS. The Morgan fingerprint density at radius 3 is 3.00 bits per heavy atom. The van der Waals surface area contributed by atoms with Crippen LogP contribution in [0.2, 0.25) is 0 Å². The highest BCUT2D eigenvalue weighted by molar-refractivity contribution is 7.99. The van der Waals surface area contributed by atoms with E-state index in [0.717, 1.165) is 48.4 Å². The predicted octanol–water partition coefficient (Wildman–Crippen LogP) is 2.08. The molecule has 3 nitrogen and oxygen atoms in total. The zero-order chi connectivity index (χ0) is 10.5. The lowest BCUT2D eigenvalue weighted by molar-refractivity contribution is 0.1000. The van der Waals surface area contributed by atoms with Crippen LogP contribution in [0.5, 0.6) is 0 Å². The van der Waals surface area contributed by atoms with Crippen molar-refractivity contribution in [1.29, 1.82) is 0 Å². The maximum atomic E-state index is 5.70. The Labute approximate surface area is 94.4 Å². The molecule has 0 bridgehead atoms. The third-order valence-electron chi connectivity index (χ3n) is 2.48. The van der Waals surface area contributed by atoms with E-state index in [0.29, 0.717) is 0 Å². The summed E-state index contributed by atoms with van der Waals surface area (Å²) >= 11 is 1.96. The fraction of sp³-hybridized carbons (Fsp3) is 0.545. The Bertz CT molecular complexity index is 313. The van der Waals surface area contributed by atoms with Crippen LogP contribution in [0, 0.1) is 0 Å². The summed E-state index contributed by atoms with van der Waals surface area (Å²) in [6.07, 6.45) is 4.09. The summed E-state index contributed by atoms with van der Waals surface area (Å²) in [6.45, 7) is 1.81. The van der Waals surface area contributed by atoms with Gasteiger partial charge in [0, 0.05) is 36.1 Å². The van der Waals surface area contributed by atoms with Crippen molar-refractivity contribution in [2.75, 3.05) is 18.9 Å². The highest BCUT2D eigenvalue weighted by Gasteiger charge is 2.14. The molecule has 0 spiro atoms. The summed E-state index contributed by atoms with van der Waals surface area (Å²) in [5.41, 5.74) is 7.57. The van der Waals surface area contributed by atoms with Crippen LogP contribution in [0.25, 0.3) is 0 Å². The van der Waals surface area contributed by atoms with Gasteiger partial charge in [-0.25, -0.2) is 0 Å². The third kappa shape index (κ3) is 3.39. The van der Waals surface area contributed by atoms with Crippen LogP contribution in [0.3, 0.4) is 0 Å². The van der Waals surface area contributed by atoms with Crippen LogP contribution in [0.4, 0.5) is 5.69 Å². The largest absolute Gasteiger partial charge is 0.399 e. The van der Waals surface area contributed by atoms with Crippen molar-refractivity contribution >= 4 is 17.4 Å². The SMILES string of the molecule is Nc1ccnc(CSC2CCOCC2)c1. The van der Waals surface area contributed by atoms with E-state index in [-0.39, 0.29) is 0 Å². The summed E-state index contributed by atoms with van der Waals surface area (Å²) in [5.74, 6) is 0.954. The van der Waals surface area contributed by atoms with E-state index in [2.05, 4.69) is 4.98 Å². The molecule has 0 aliphatic carbocycles. The normalized spacial score (nSPS) is 17.9. The molecule has 2 N–H and O–H groups in total. The highest BCUT2D eigenvalue weighted by atomic mass is 32.2. The molecule has 1 aromatic rings. The zero-order valence-electron chi connectivity index (χ0n) is 8.69. The molecule has 0 atom stereocenters. The average Bonchev–Trinajstić information content (AvgIpc) is 2.28. The van der Waals surface area contributed by atoms with Crippen molar-refractivity contribution in [3.8, 4) is 0 Å². The number of nitrogens with two attached hydrogens (primary N) is 1. The van der Waals surface area contributed by atoms with Crippen LogP contribution >= 0.6 is 11.8 Å². The number of rotatable bonds is 3. The van der Waals surface area contributed by atoms with E-state index >= 15 is 0 Å². The topological polar surface area (TPSA) is 48.1 Å². The van der Waals surface area contributed by atoms with Crippen molar-refractivity contribution in [2.45, 2.75) is 23.8 Å². The molecule has 82 valence electrons. The first-order chi connectivity index (χ1) is 7.34. The molecule has 0 amide bonds. The highest BCUT2D eigenvalue weighted by Crippen LogP contribution is 2.25. The van der Waals surface area contributed by atoms with E-state index in [1.54, 1.807) is 6.20 Å². The Morgan fingerprint density at radius 1 is 1.47 bits per heavy atom. The molecule has 1 fully saturated rings. The second-order valence-corrected chi connectivity index (χ2v) is 4.99. The van der Waals surface area contributed by atoms with Gasteiger partial charge < -0.3 is 10.5 Å². The van der Waals surface area contributed by atoms with Gasteiger partial charge in [-0.2, -0.15) is 11.8 Å². The average molecular weight is 224 g/mol. The fourth-order valence-electron chi connectivity index (χ4n) is 1.62. The smallest absolute Gasteiger partial charge is 0.0523 e. The number of nitrogens with zero attached hydrogens (tertiary/aromatic N) is 1. The van der Waals surface area contributed by atoms with Gasteiger partial charge >= 0.3 is 0 Å². The van der Waals surface area contributed by atoms with Gasteiger partial charge in [-0.15, -0.1) is 0 Å². The van der Waals surface area contributed by atoms with Crippen LogP contribution in [0.1, 0.15) is 18.5 Å². The van der Waals surface area contributed by atoms with Gasteiger partial charge in [0.05, 0.1) is 5.69 Å². The first-order valence-corrected chi connectivity index (χ1v) is 6.29. The van der Waals surface area contributed by atoms with Crippen molar-refractivity contribution in [3.05, 3.63) is 24.0 Å². The summed E-state index contributed by atoms with van der Waals surface area (Å²) in [6, 6.07) is 3.77. The second-order valence-electron chi connectivity index (χ2n) is 3.70. The van der Waals surface area contributed by atoms with E-state index in [9.17, 15) is 0 Å². The van der Waals surface area contributed by atoms with E-state index in [1.165, 1.54) is 0 Å². The number of pyridine rings is 1. The van der Waals surface area contributed by atoms with Crippen LogP contribution in [0.15, 0.2) is 18.3 Å². The Kier molecular flexibility index (Phi) is 3.86. The van der Waals surface area contributed by atoms with Crippen molar-refractivity contribution in [3.63, 3.8) is 0 Å². The van der Waals surface area contributed by atoms with Gasteiger partial charge in [0.1, 0.15) is 0 Å². The molecule has 15 heavy (non-hydrogen) atoms. The van der Waals surface area contributed by atoms with Gasteiger partial charge in [-0.3, -0.25) is 4.98 Å². The molecule has 0 unspecified atom stereocenters. The van der Waals surface area contributed by atoms with Gasteiger partial charge in [0.15, 0.2) is 0 Å². The van der Waals surface area contributed by atoms with E-state index in [1.807, 2.05) is 23.9 Å². The number of thioether (sulfide) groups is 1. The quantitative estimate of drug-likeness (QED) is 0.854. The standard InChI is InChI=1S/C11H16N2OS/c12-9-1-4-13-10(7-9)8-15-11-2-5-14-6-3-11/h1,4,7,11H,2-3,5-6,8H2,(H2,12,13). The van der Waals surface area contributed by atoms with E-state index in [4.69, 9.17) is 10.5 Å². The molecule has 0 saturated carbocycles. The van der Waals surface area contributed by atoms with Gasteiger partial charge in [0.2, 0.25) is 0 Å². The lowest BCUT2D eigenvalue weighted by Gasteiger charge is -2.21.